The van der Waals surface area contributed by atoms with Crippen LogP contribution in [0.4, 0.5) is 0 Å². The summed E-state index contributed by atoms with van der Waals surface area (Å²) in [5.74, 6) is 0.119. The summed E-state index contributed by atoms with van der Waals surface area (Å²) < 4.78 is 10.8. The van der Waals surface area contributed by atoms with Crippen molar-refractivity contribution in [2.24, 2.45) is 0 Å². The van der Waals surface area contributed by atoms with Gasteiger partial charge in [-0.15, -0.1) is 0 Å². The maximum atomic E-state index is 12.2. The highest BCUT2D eigenvalue weighted by Gasteiger charge is 2.31. The van der Waals surface area contributed by atoms with E-state index in [1.54, 1.807) is 27.7 Å². The van der Waals surface area contributed by atoms with Crippen molar-refractivity contribution in [2.45, 2.75) is 39.7 Å². The average Bonchev–Trinajstić information content (AvgIpc) is 2.70. The van der Waals surface area contributed by atoms with Crippen LogP contribution in [-0.4, -0.2) is 30.6 Å². The number of nitrogens with one attached hydrogen (secondary N) is 1. The molecule has 0 saturated carbocycles. The maximum absolute atomic E-state index is 12.2. The number of esters is 1. The summed E-state index contributed by atoms with van der Waals surface area (Å²) in [5.41, 5.74) is 1.69. The van der Waals surface area contributed by atoms with Gasteiger partial charge in [0, 0.05) is 12.1 Å². The fourth-order valence-electron chi connectivity index (χ4n) is 2.69. The molecule has 0 aliphatic rings. The van der Waals surface area contributed by atoms with Gasteiger partial charge in [-0.1, -0.05) is 42.5 Å². The Morgan fingerprint density at radius 2 is 1.69 bits per heavy atom. The third-order valence-electron chi connectivity index (χ3n) is 4.30. The molecular formula is C24H29NO4. The minimum Gasteiger partial charge on any atom is -0.476 e. The normalized spacial score (nSPS) is 11.7. The summed E-state index contributed by atoms with van der Waals surface area (Å²) in [5, 5.41) is 2.93. The molecule has 0 fully saturated rings. The fourth-order valence-corrected chi connectivity index (χ4v) is 2.69. The quantitative estimate of drug-likeness (QED) is 0.511. The first-order chi connectivity index (χ1) is 13.8. The zero-order valence-electron chi connectivity index (χ0n) is 17.5. The molecule has 5 heteroatoms. The third kappa shape index (κ3) is 7.11. The summed E-state index contributed by atoms with van der Waals surface area (Å²) in [7, 11) is 0. The molecule has 154 valence electrons. The van der Waals surface area contributed by atoms with Crippen molar-refractivity contribution in [1.82, 2.24) is 5.32 Å². The second-order valence-electron chi connectivity index (χ2n) is 7.22. The molecule has 0 heterocycles. The van der Waals surface area contributed by atoms with Crippen LogP contribution in [0.15, 0.2) is 60.2 Å². The van der Waals surface area contributed by atoms with Crippen LogP contribution in [0.5, 0.6) is 5.75 Å². The van der Waals surface area contributed by atoms with Gasteiger partial charge in [-0.25, -0.2) is 4.79 Å². The van der Waals surface area contributed by atoms with Crippen LogP contribution < -0.4 is 10.1 Å². The van der Waals surface area contributed by atoms with Crippen molar-refractivity contribution in [3.63, 3.8) is 0 Å². The third-order valence-corrected chi connectivity index (χ3v) is 4.30. The Bertz CT molecular complexity index is 839. The molecule has 0 aliphatic heterocycles. The Kier molecular flexibility index (Phi) is 8.01. The second-order valence-corrected chi connectivity index (χ2v) is 7.22. The number of hydrogen-bond acceptors (Lipinski definition) is 4. The first-order valence-electron chi connectivity index (χ1n) is 9.78. The summed E-state index contributed by atoms with van der Waals surface area (Å²) in [6.45, 7) is 7.78. The van der Waals surface area contributed by atoms with Crippen LogP contribution in [0.1, 0.15) is 38.8 Å². The second kappa shape index (κ2) is 10.5. The Labute approximate surface area is 172 Å². The maximum Gasteiger partial charge on any atom is 0.349 e. The molecule has 2 aromatic rings. The molecule has 0 aromatic heterocycles. The molecule has 0 saturated heterocycles. The van der Waals surface area contributed by atoms with Crippen LogP contribution >= 0.6 is 0 Å². The lowest BCUT2D eigenvalue weighted by Crippen LogP contribution is -2.39. The zero-order chi connectivity index (χ0) is 21.3. The van der Waals surface area contributed by atoms with Crippen LogP contribution in [0.2, 0.25) is 0 Å². The molecule has 0 unspecified atom stereocenters. The molecule has 2 rings (SSSR count). The lowest BCUT2D eigenvalue weighted by molar-refractivity contribution is -0.158. The van der Waals surface area contributed by atoms with Gasteiger partial charge < -0.3 is 14.8 Å². The van der Waals surface area contributed by atoms with Gasteiger partial charge in [-0.2, -0.15) is 0 Å². The first kappa shape index (κ1) is 22.2. The molecule has 2 aromatic carbocycles. The van der Waals surface area contributed by atoms with Gasteiger partial charge in [0.15, 0.2) is 5.60 Å². The van der Waals surface area contributed by atoms with Gasteiger partial charge in [0.25, 0.3) is 0 Å². The smallest absolute Gasteiger partial charge is 0.349 e. The van der Waals surface area contributed by atoms with E-state index < -0.39 is 11.6 Å². The monoisotopic (exact) mass is 395 g/mol. The highest BCUT2D eigenvalue weighted by atomic mass is 16.6. The number of amides is 1. The molecule has 1 amide bonds. The van der Waals surface area contributed by atoms with Gasteiger partial charge in [-0.05, 0) is 63.5 Å². The Morgan fingerprint density at radius 1 is 1.03 bits per heavy atom. The lowest BCUT2D eigenvalue weighted by atomic mass is 10.1. The van der Waals surface area contributed by atoms with Crippen LogP contribution in [0, 0.1) is 0 Å². The predicted octanol–water partition coefficient (Wildman–Crippen LogP) is 4.17. The van der Waals surface area contributed by atoms with Crippen molar-refractivity contribution in [3.05, 3.63) is 71.3 Å². The standard InChI is InChI=1S/C24H29NO4/c1-5-28-23(27)24(3,4)29-21-13-11-19(12-14-21)15-16-25-22(26)18(2)17-20-9-7-6-8-10-20/h6-14,17H,5,15-16H2,1-4H3,(H,25,26). The number of ether oxygens (including phenoxy) is 2. The number of carbonyl (C=O) groups is 2. The number of rotatable bonds is 9. The molecule has 1 N–H and O–H groups in total. The highest BCUT2D eigenvalue weighted by Crippen LogP contribution is 2.20. The van der Waals surface area contributed by atoms with Crippen molar-refractivity contribution in [3.8, 4) is 5.75 Å². The number of hydrogen-bond donors (Lipinski definition) is 1. The SMILES string of the molecule is CCOC(=O)C(C)(C)Oc1ccc(CCNC(=O)C(C)=Cc2ccccc2)cc1. The van der Waals surface area contributed by atoms with Gasteiger partial charge in [0.05, 0.1) is 6.61 Å². The van der Waals surface area contributed by atoms with E-state index in [1.807, 2.05) is 60.7 Å². The molecule has 0 atom stereocenters. The van der Waals surface area contributed by atoms with Crippen molar-refractivity contribution in [1.29, 1.82) is 0 Å². The van der Waals surface area contributed by atoms with Gasteiger partial charge >= 0.3 is 5.97 Å². The molecule has 29 heavy (non-hydrogen) atoms. The summed E-state index contributed by atoms with van der Waals surface area (Å²) in [6.07, 6.45) is 2.57. The molecule has 5 nitrogen and oxygen atoms in total. The van der Waals surface area contributed by atoms with Gasteiger partial charge in [0.2, 0.25) is 5.91 Å². The Hall–Kier alpha value is -3.08. The van der Waals surface area contributed by atoms with Crippen LogP contribution in [0.25, 0.3) is 6.08 Å². The van der Waals surface area contributed by atoms with E-state index in [-0.39, 0.29) is 5.91 Å². The number of benzene rings is 2. The van der Waals surface area contributed by atoms with E-state index in [2.05, 4.69) is 5.32 Å². The van der Waals surface area contributed by atoms with Gasteiger partial charge in [0.1, 0.15) is 5.75 Å². The van der Waals surface area contributed by atoms with Crippen LogP contribution in [-0.2, 0) is 20.7 Å². The largest absolute Gasteiger partial charge is 0.476 e. The van der Waals surface area contributed by atoms with Crippen molar-refractivity contribution < 1.29 is 19.1 Å². The minimum absolute atomic E-state index is 0.0787. The average molecular weight is 395 g/mol. The van der Waals surface area contributed by atoms with E-state index in [9.17, 15) is 9.59 Å². The summed E-state index contributed by atoms with van der Waals surface area (Å²) >= 11 is 0. The van der Waals surface area contributed by atoms with Crippen molar-refractivity contribution in [2.75, 3.05) is 13.2 Å². The van der Waals surface area contributed by atoms with Gasteiger partial charge in [-0.3, -0.25) is 4.79 Å². The van der Waals surface area contributed by atoms with Crippen molar-refractivity contribution >= 4 is 18.0 Å². The van der Waals surface area contributed by atoms with E-state index >= 15 is 0 Å². The van der Waals surface area contributed by atoms with E-state index in [4.69, 9.17) is 9.47 Å². The molecule has 0 spiro atoms. The highest BCUT2D eigenvalue weighted by molar-refractivity contribution is 5.97. The van der Waals surface area contributed by atoms with E-state index in [0.29, 0.717) is 30.9 Å². The van der Waals surface area contributed by atoms with E-state index in [0.717, 1.165) is 11.1 Å². The predicted molar refractivity (Wildman–Crippen MR) is 115 cm³/mol. The van der Waals surface area contributed by atoms with Crippen LogP contribution in [0.3, 0.4) is 0 Å². The molecule has 0 bridgehead atoms. The minimum atomic E-state index is -1.05. The summed E-state index contributed by atoms with van der Waals surface area (Å²) in [4.78, 5) is 24.1. The Balaban J connectivity index is 1.83. The molecule has 0 aliphatic carbocycles. The zero-order valence-corrected chi connectivity index (χ0v) is 17.5. The fraction of sp³-hybridized carbons (Fsp3) is 0.333. The first-order valence-corrected chi connectivity index (χ1v) is 9.78. The molecule has 0 radical (unpaired) electrons. The van der Waals surface area contributed by atoms with E-state index in [1.165, 1.54) is 0 Å². The topological polar surface area (TPSA) is 64.6 Å². The Morgan fingerprint density at radius 3 is 2.31 bits per heavy atom. The summed E-state index contributed by atoms with van der Waals surface area (Å²) in [6, 6.07) is 17.2. The lowest BCUT2D eigenvalue weighted by Gasteiger charge is -2.24. The molecular weight excluding hydrogens is 366 g/mol. The number of carbonyl (C=O) groups excluding carboxylic acids is 2.